The molecule has 0 saturated heterocycles. The summed E-state index contributed by atoms with van der Waals surface area (Å²) in [7, 11) is 3.26. The van der Waals surface area contributed by atoms with E-state index >= 15 is 0 Å². The van der Waals surface area contributed by atoms with Crippen molar-refractivity contribution in [3.05, 3.63) is 47.0 Å². The number of rotatable bonds is 5. The van der Waals surface area contributed by atoms with Crippen LogP contribution in [0, 0.1) is 0 Å². The highest BCUT2D eigenvalue weighted by atomic mass is 16.6. The van der Waals surface area contributed by atoms with Gasteiger partial charge in [0.15, 0.2) is 23.0 Å². The second-order valence-corrected chi connectivity index (χ2v) is 9.46. The van der Waals surface area contributed by atoms with E-state index in [4.69, 9.17) is 18.9 Å². The molecule has 2 aliphatic heterocycles. The number of fused-ring (bicyclic) bond motifs is 3. The number of ether oxygens (including phenoxy) is 4. The molecule has 5 rings (SSSR count). The van der Waals surface area contributed by atoms with Crippen molar-refractivity contribution in [2.45, 2.75) is 56.9 Å². The number of benzene rings is 2. The van der Waals surface area contributed by atoms with E-state index in [0.717, 1.165) is 36.4 Å². The van der Waals surface area contributed by atoms with E-state index in [1.54, 1.807) is 14.2 Å². The van der Waals surface area contributed by atoms with Crippen molar-refractivity contribution < 1.29 is 23.7 Å². The van der Waals surface area contributed by atoms with Crippen LogP contribution in [0.2, 0.25) is 0 Å². The molecule has 1 spiro atoms. The van der Waals surface area contributed by atoms with Crippen LogP contribution in [0.4, 0.5) is 0 Å². The van der Waals surface area contributed by atoms with E-state index in [1.807, 2.05) is 18.2 Å². The Morgan fingerprint density at radius 3 is 2.42 bits per heavy atom. The van der Waals surface area contributed by atoms with Gasteiger partial charge in [-0.25, -0.2) is 0 Å². The van der Waals surface area contributed by atoms with Gasteiger partial charge in [-0.05, 0) is 67.1 Å². The Labute approximate surface area is 195 Å². The molecule has 0 N–H and O–H groups in total. The number of nitrogens with zero attached hydrogens (tertiary/aromatic N) is 1. The molecular weight excluding hydrogens is 418 g/mol. The lowest BCUT2D eigenvalue weighted by atomic mass is 9.71. The molecule has 1 fully saturated rings. The van der Waals surface area contributed by atoms with Gasteiger partial charge in [-0.2, -0.15) is 0 Å². The highest BCUT2D eigenvalue weighted by Gasteiger charge is 2.46. The van der Waals surface area contributed by atoms with Crippen molar-refractivity contribution in [1.82, 2.24) is 4.90 Å². The first-order valence-corrected chi connectivity index (χ1v) is 12.0. The Kier molecular flexibility index (Phi) is 5.85. The Morgan fingerprint density at radius 2 is 1.73 bits per heavy atom. The molecule has 2 aromatic carbocycles. The smallest absolute Gasteiger partial charge is 0.223 e. The first-order chi connectivity index (χ1) is 16.0. The first kappa shape index (κ1) is 21.9. The van der Waals surface area contributed by atoms with Gasteiger partial charge >= 0.3 is 0 Å². The quantitative estimate of drug-likeness (QED) is 0.652. The van der Waals surface area contributed by atoms with Crippen LogP contribution in [0.25, 0.3) is 0 Å². The monoisotopic (exact) mass is 451 g/mol. The predicted octanol–water partition coefficient (Wildman–Crippen LogP) is 4.82. The fourth-order valence-electron chi connectivity index (χ4n) is 5.84. The second-order valence-electron chi connectivity index (χ2n) is 9.46. The molecule has 6 nitrogen and oxygen atoms in total. The second kappa shape index (κ2) is 8.81. The first-order valence-electron chi connectivity index (χ1n) is 12.0. The maximum absolute atomic E-state index is 13.5. The van der Waals surface area contributed by atoms with Gasteiger partial charge in [-0.1, -0.05) is 18.9 Å². The minimum Gasteiger partial charge on any atom is -0.493 e. The van der Waals surface area contributed by atoms with Crippen LogP contribution in [0.1, 0.15) is 61.8 Å². The molecule has 0 bridgehead atoms. The maximum Gasteiger partial charge on any atom is 0.223 e. The van der Waals surface area contributed by atoms with E-state index in [0.29, 0.717) is 37.6 Å². The molecule has 3 aliphatic rings. The summed E-state index contributed by atoms with van der Waals surface area (Å²) < 4.78 is 22.5. The normalized spacial score (nSPS) is 20.5. The van der Waals surface area contributed by atoms with Crippen LogP contribution in [0.5, 0.6) is 23.0 Å². The lowest BCUT2D eigenvalue weighted by Gasteiger charge is -2.46. The third-order valence-corrected chi connectivity index (χ3v) is 7.63. The summed E-state index contributed by atoms with van der Waals surface area (Å²) in [6, 6.07) is 10.2. The van der Waals surface area contributed by atoms with Gasteiger partial charge in [0.2, 0.25) is 5.91 Å². The lowest BCUT2D eigenvalue weighted by Crippen LogP contribution is -2.48. The molecule has 0 aromatic heterocycles. The zero-order valence-corrected chi connectivity index (χ0v) is 19.8. The van der Waals surface area contributed by atoms with Crippen LogP contribution in [0.15, 0.2) is 30.3 Å². The van der Waals surface area contributed by atoms with Crippen molar-refractivity contribution in [3.63, 3.8) is 0 Å². The number of amides is 1. The molecule has 33 heavy (non-hydrogen) atoms. The summed E-state index contributed by atoms with van der Waals surface area (Å²) in [6.45, 7) is 4.09. The summed E-state index contributed by atoms with van der Waals surface area (Å²) >= 11 is 0. The fourth-order valence-corrected chi connectivity index (χ4v) is 5.84. The molecule has 0 radical (unpaired) electrons. The van der Waals surface area contributed by atoms with Crippen LogP contribution in [0.3, 0.4) is 0 Å². The number of carbonyl (C=O) groups is 1. The molecule has 1 saturated carbocycles. The average Bonchev–Trinajstić information content (AvgIpc) is 3.33. The number of methoxy groups -OCH3 is 2. The van der Waals surface area contributed by atoms with Crippen LogP contribution in [-0.4, -0.2) is 44.8 Å². The summed E-state index contributed by atoms with van der Waals surface area (Å²) in [5.74, 6) is 3.25. The molecule has 2 aromatic rings. The third kappa shape index (κ3) is 3.90. The molecule has 1 amide bonds. The van der Waals surface area contributed by atoms with Crippen LogP contribution < -0.4 is 18.9 Å². The minimum atomic E-state index is 0.0138. The van der Waals surface area contributed by atoms with E-state index in [1.165, 1.54) is 24.0 Å². The summed E-state index contributed by atoms with van der Waals surface area (Å²) in [5.41, 5.74) is 3.67. The Bertz CT molecular complexity index is 1040. The fraction of sp³-hybridized carbons (Fsp3) is 0.519. The van der Waals surface area contributed by atoms with Gasteiger partial charge < -0.3 is 23.8 Å². The molecule has 1 aliphatic carbocycles. The van der Waals surface area contributed by atoms with Gasteiger partial charge in [-0.3, -0.25) is 4.79 Å². The van der Waals surface area contributed by atoms with E-state index in [9.17, 15) is 4.79 Å². The van der Waals surface area contributed by atoms with E-state index in [-0.39, 0.29) is 17.4 Å². The predicted molar refractivity (Wildman–Crippen MR) is 126 cm³/mol. The topological polar surface area (TPSA) is 57.2 Å². The Balaban J connectivity index is 1.39. The SMILES string of the molecule is COc1ccc(CCC(=O)N2CC3(CCCC3)c3cc4c(cc3C2C)OCCO4)cc1OC. The lowest BCUT2D eigenvalue weighted by molar-refractivity contribution is -0.135. The minimum absolute atomic E-state index is 0.0138. The molecule has 176 valence electrons. The van der Waals surface area contributed by atoms with Crippen molar-refractivity contribution in [1.29, 1.82) is 0 Å². The number of hydrogen-bond donors (Lipinski definition) is 0. The van der Waals surface area contributed by atoms with Crippen molar-refractivity contribution in [2.24, 2.45) is 0 Å². The molecule has 1 unspecified atom stereocenters. The largest absolute Gasteiger partial charge is 0.493 e. The van der Waals surface area contributed by atoms with Crippen molar-refractivity contribution in [2.75, 3.05) is 34.0 Å². The van der Waals surface area contributed by atoms with E-state index in [2.05, 4.69) is 24.0 Å². The number of carbonyl (C=O) groups excluding carboxylic acids is 1. The van der Waals surface area contributed by atoms with Crippen molar-refractivity contribution >= 4 is 5.91 Å². The maximum atomic E-state index is 13.5. The Morgan fingerprint density at radius 1 is 1.03 bits per heavy atom. The van der Waals surface area contributed by atoms with Gasteiger partial charge in [0.25, 0.3) is 0 Å². The summed E-state index contributed by atoms with van der Waals surface area (Å²) in [5, 5.41) is 0. The van der Waals surface area contributed by atoms with Crippen molar-refractivity contribution in [3.8, 4) is 23.0 Å². The van der Waals surface area contributed by atoms with Crippen LogP contribution >= 0.6 is 0 Å². The van der Waals surface area contributed by atoms with Gasteiger partial charge in [0.05, 0.1) is 20.3 Å². The number of aryl methyl sites for hydroxylation is 1. The van der Waals surface area contributed by atoms with E-state index < -0.39 is 0 Å². The number of hydrogen-bond acceptors (Lipinski definition) is 5. The summed E-state index contributed by atoms with van der Waals surface area (Å²) in [6.07, 6.45) is 5.78. The third-order valence-electron chi connectivity index (χ3n) is 7.63. The van der Waals surface area contributed by atoms with Gasteiger partial charge in [0, 0.05) is 18.4 Å². The standard InChI is InChI=1S/C27H33NO5/c1-18-20-15-24-25(33-13-12-32-24)16-21(20)27(10-4-5-11-27)17-28(18)26(29)9-7-19-6-8-22(30-2)23(14-19)31-3/h6,8,14-16,18H,4-5,7,9-13,17H2,1-3H3. The van der Waals surface area contributed by atoms with Crippen LogP contribution in [-0.2, 0) is 16.6 Å². The zero-order chi connectivity index (χ0) is 23.0. The highest BCUT2D eigenvalue weighted by molar-refractivity contribution is 5.78. The average molecular weight is 452 g/mol. The Hall–Kier alpha value is -2.89. The molecule has 2 heterocycles. The van der Waals surface area contributed by atoms with Gasteiger partial charge in [-0.15, -0.1) is 0 Å². The molecule has 6 heteroatoms. The highest BCUT2D eigenvalue weighted by Crippen LogP contribution is 2.52. The van der Waals surface area contributed by atoms with Gasteiger partial charge in [0.1, 0.15) is 13.2 Å². The molecule has 1 atom stereocenters. The molecular formula is C27H33NO5. The summed E-state index contributed by atoms with van der Waals surface area (Å²) in [4.78, 5) is 15.6. The zero-order valence-electron chi connectivity index (χ0n) is 19.8.